The molecule has 1 heterocycles. The fraction of sp³-hybridized carbons (Fsp3) is 0.500. The van der Waals surface area contributed by atoms with Crippen LogP contribution in [0.4, 0.5) is 4.79 Å². The molecule has 6 nitrogen and oxygen atoms in total. The van der Waals surface area contributed by atoms with Crippen LogP contribution < -0.4 is 0 Å². The molecule has 0 aromatic heterocycles. The highest BCUT2D eigenvalue weighted by atomic mass is 16.5. The molecule has 1 rings (SSSR count). The van der Waals surface area contributed by atoms with Crippen molar-refractivity contribution < 1.29 is 19.1 Å². The number of amides is 3. The third-order valence-electron chi connectivity index (χ3n) is 2.38. The molecule has 1 aliphatic heterocycles. The summed E-state index contributed by atoms with van der Waals surface area (Å²) in [6.07, 6.45) is 0.910. The maximum Gasteiger partial charge on any atom is 0.417 e. The lowest BCUT2D eigenvalue weighted by molar-refractivity contribution is -0.152. The van der Waals surface area contributed by atoms with Gasteiger partial charge < -0.3 is 9.64 Å². The minimum absolute atomic E-state index is 0.110. The molecular weight excluding hydrogens is 212 g/mol. The Balaban J connectivity index is 3.00. The van der Waals surface area contributed by atoms with Gasteiger partial charge in [-0.05, 0) is 6.42 Å². The summed E-state index contributed by atoms with van der Waals surface area (Å²) in [5.41, 5.74) is 0. The average Bonchev–Trinajstić information content (AvgIpc) is 2.25. The van der Waals surface area contributed by atoms with Gasteiger partial charge in [0.15, 0.2) is 0 Å². The fourth-order valence-corrected chi connectivity index (χ4v) is 1.59. The molecule has 0 N–H and O–H groups in total. The van der Waals surface area contributed by atoms with E-state index in [4.69, 9.17) is 0 Å². The molecule has 0 saturated carbocycles. The summed E-state index contributed by atoms with van der Waals surface area (Å²) in [5.74, 6) is -0.731. The number of hydrogen-bond donors (Lipinski definition) is 0. The van der Waals surface area contributed by atoms with E-state index in [1.807, 2.05) is 0 Å². The largest absolute Gasteiger partial charge is 0.452 e. The topological polar surface area (TPSA) is 66.9 Å². The van der Waals surface area contributed by atoms with E-state index in [1.165, 1.54) is 25.1 Å². The van der Waals surface area contributed by atoms with Crippen LogP contribution in [0.2, 0.25) is 0 Å². The number of ether oxygens (including phenoxy) is 1. The van der Waals surface area contributed by atoms with Gasteiger partial charge >= 0.3 is 6.09 Å². The Hall–Kier alpha value is -1.85. The first-order valence-electron chi connectivity index (χ1n) is 4.78. The van der Waals surface area contributed by atoms with E-state index in [0.717, 1.165) is 4.90 Å². The highest BCUT2D eigenvalue weighted by Crippen LogP contribution is 2.16. The summed E-state index contributed by atoms with van der Waals surface area (Å²) in [5, 5.41) is 0. The SMILES string of the molecule is C=CCC1C(=O)N(C)CC(=O)N1C(=O)OC. The number of likely N-dealkylation sites (N-methyl/N-ethyl adjacent to an activating group) is 1. The molecule has 1 fully saturated rings. The Morgan fingerprint density at radius 2 is 2.25 bits per heavy atom. The number of nitrogens with zero attached hydrogens (tertiary/aromatic N) is 2. The van der Waals surface area contributed by atoms with Crippen molar-refractivity contribution >= 4 is 17.9 Å². The van der Waals surface area contributed by atoms with Crippen molar-refractivity contribution in [2.24, 2.45) is 0 Å². The third-order valence-corrected chi connectivity index (χ3v) is 2.38. The van der Waals surface area contributed by atoms with E-state index in [9.17, 15) is 14.4 Å². The molecule has 3 amide bonds. The van der Waals surface area contributed by atoms with Crippen LogP contribution >= 0.6 is 0 Å². The van der Waals surface area contributed by atoms with Crippen LogP contribution in [0.3, 0.4) is 0 Å². The van der Waals surface area contributed by atoms with E-state index in [2.05, 4.69) is 11.3 Å². The minimum atomic E-state index is -0.837. The first kappa shape index (κ1) is 12.2. The summed E-state index contributed by atoms with van der Waals surface area (Å²) < 4.78 is 4.48. The molecule has 1 atom stereocenters. The molecule has 0 radical (unpaired) electrons. The normalized spacial score (nSPS) is 21.0. The van der Waals surface area contributed by atoms with Gasteiger partial charge in [0.1, 0.15) is 12.6 Å². The van der Waals surface area contributed by atoms with Gasteiger partial charge in [0.2, 0.25) is 5.91 Å². The fourth-order valence-electron chi connectivity index (χ4n) is 1.59. The quantitative estimate of drug-likeness (QED) is 0.621. The van der Waals surface area contributed by atoms with Crippen molar-refractivity contribution in [3.63, 3.8) is 0 Å². The van der Waals surface area contributed by atoms with Gasteiger partial charge in [0.05, 0.1) is 7.11 Å². The lowest BCUT2D eigenvalue weighted by Crippen LogP contribution is -2.60. The molecule has 1 saturated heterocycles. The van der Waals surface area contributed by atoms with Crippen LogP contribution in [0, 0.1) is 0 Å². The van der Waals surface area contributed by atoms with Gasteiger partial charge in [0.25, 0.3) is 5.91 Å². The lowest BCUT2D eigenvalue weighted by atomic mass is 10.1. The average molecular weight is 226 g/mol. The molecular formula is C10H14N2O4. The molecule has 16 heavy (non-hydrogen) atoms. The Bertz CT molecular complexity index is 340. The van der Waals surface area contributed by atoms with Gasteiger partial charge in [0, 0.05) is 7.05 Å². The Kier molecular flexibility index (Phi) is 3.65. The first-order valence-corrected chi connectivity index (χ1v) is 4.78. The summed E-state index contributed by atoms with van der Waals surface area (Å²) in [6, 6.07) is -0.837. The number of imide groups is 1. The highest BCUT2D eigenvalue weighted by molar-refractivity contribution is 6.03. The lowest BCUT2D eigenvalue weighted by Gasteiger charge is -2.35. The number of methoxy groups -OCH3 is 1. The predicted octanol–water partition coefficient (Wildman–Crippen LogP) is -0.00190. The molecule has 0 aromatic carbocycles. The predicted molar refractivity (Wildman–Crippen MR) is 55.5 cm³/mol. The monoisotopic (exact) mass is 226 g/mol. The maximum absolute atomic E-state index is 11.8. The first-order chi connectivity index (χ1) is 7.52. The maximum atomic E-state index is 11.8. The summed E-state index contributed by atoms with van der Waals surface area (Å²) in [6.45, 7) is 3.39. The van der Waals surface area contributed by atoms with Gasteiger partial charge in [-0.25, -0.2) is 9.69 Å². The standard InChI is InChI=1S/C10H14N2O4/c1-4-5-7-9(14)11(2)6-8(13)12(7)10(15)16-3/h4,7H,1,5-6H2,2-3H3. The second-order valence-electron chi connectivity index (χ2n) is 3.47. The molecule has 0 aliphatic carbocycles. The number of rotatable bonds is 2. The van der Waals surface area contributed by atoms with E-state index in [1.54, 1.807) is 0 Å². The Morgan fingerprint density at radius 1 is 1.62 bits per heavy atom. The van der Waals surface area contributed by atoms with Crippen molar-refractivity contribution in [2.75, 3.05) is 20.7 Å². The molecule has 0 spiro atoms. The molecule has 0 aromatic rings. The summed E-state index contributed by atoms with van der Waals surface area (Å²) in [4.78, 5) is 36.9. The van der Waals surface area contributed by atoms with E-state index in [0.29, 0.717) is 0 Å². The summed E-state index contributed by atoms with van der Waals surface area (Å²) >= 11 is 0. The molecule has 88 valence electrons. The zero-order valence-corrected chi connectivity index (χ0v) is 9.30. The van der Waals surface area contributed by atoms with Gasteiger partial charge in [-0.2, -0.15) is 0 Å². The molecule has 0 bridgehead atoms. The van der Waals surface area contributed by atoms with Crippen LogP contribution in [0.5, 0.6) is 0 Å². The molecule has 1 aliphatic rings. The van der Waals surface area contributed by atoms with Crippen LogP contribution in [-0.2, 0) is 14.3 Å². The second kappa shape index (κ2) is 4.78. The van der Waals surface area contributed by atoms with Crippen LogP contribution in [0.1, 0.15) is 6.42 Å². The van der Waals surface area contributed by atoms with Crippen LogP contribution in [0.25, 0.3) is 0 Å². The van der Waals surface area contributed by atoms with Crippen molar-refractivity contribution in [3.8, 4) is 0 Å². The van der Waals surface area contributed by atoms with Crippen molar-refractivity contribution in [2.45, 2.75) is 12.5 Å². The Morgan fingerprint density at radius 3 is 2.75 bits per heavy atom. The van der Waals surface area contributed by atoms with Crippen molar-refractivity contribution in [1.29, 1.82) is 0 Å². The third kappa shape index (κ3) is 2.05. The van der Waals surface area contributed by atoms with Gasteiger partial charge in [-0.1, -0.05) is 6.08 Å². The number of piperazine rings is 1. The zero-order chi connectivity index (χ0) is 12.3. The minimum Gasteiger partial charge on any atom is -0.452 e. The summed E-state index contributed by atoms with van der Waals surface area (Å²) in [7, 11) is 2.69. The number of carbonyl (C=O) groups excluding carboxylic acids is 3. The van der Waals surface area contributed by atoms with Crippen molar-refractivity contribution in [3.05, 3.63) is 12.7 Å². The van der Waals surface area contributed by atoms with Crippen molar-refractivity contribution in [1.82, 2.24) is 9.80 Å². The second-order valence-corrected chi connectivity index (χ2v) is 3.47. The van der Waals surface area contributed by atoms with Crippen LogP contribution in [-0.4, -0.2) is 54.5 Å². The highest BCUT2D eigenvalue weighted by Gasteiger charge is 2.41. The molecule has 6 heteroatoms. The van der Waals surface area contributed by atoms with Crippen LogP contribution in [0.15, 0.2) is 12.7 Å². The Labute approximate surface area is 93.4 Å². The number of hydrogen-bond acceptors (Lipinski definition) is 4. The zero-order valence-electron chi connectivity index (χ0n) is 9.30. The van der Waals surface area contributed by atoms with E-state index in [-0.39, 0.29) is 18.9 Å². The smallest absolute Gasteiger partial charge is 0.417 e. The molecule has 1 unspecified atom stereocenters. The van der Waals surface area contributed by atoms with Gasteiger partial charge in [-0.15, -0.1) is 6.58 Å². The van der Waals surface area contributed by atoms with E-state index < -0.39 is 18.0 Å². The van der Waals surface area contributed by atoms with E-state index >= 15 is 0 Å². The van der Waals surface area contributed by atoms with Gasteiger partial charge in [-0.3, -0.25) is 9.59 Å². The number of carbonyl (C=O) groups is 3.